The fourth-order valence-electron chi connectivity index (χ4n) is 11.7. The molecule has 1 heterocycles. The topological polar surface area (TPSA) is 8.17 Å². The summed E-state index contributed by atoms with van der Waals surface area (Å²) in [7, 11) is 2.22. The van der Waals surface area contributed by atoms with E-state index in [0.29, 0.717) is 0 Å². The van der Waals surface area contributed by atoms with E-state index < -0.39 is 0 Å². The Kier molecular flexibility index (Phi) is 10.9. The molecule has 2 nitrogen and oxygen atoms in total. The van der Waals surface area contributed by atoms with E-state index in [-0.39, 0.29) is 11.3 Å². The average Bonchev–Trinajstić information content (AvgIpc) is 3.83. The van der Waals surface area contributed by atoms with Crippen molar-refractivity contribution in [2.45, 2.75) is 70.6 Å². The van der Waals surface area contributed by atoms with Gasteiger partial charge in [0.2, 0.25) is 0 Å². The number of benzene rings is 9. The summed E-state index contributed by atoms with van der Waals surface area (Å²) in [4.78, 5) is 2.54. The quantitative estimate of drug-likeness (QED) is 0.112. The van der Waals surface area contributed by atoms with Crippen molar-refractivity contribution in [2.24, 2.45) is 7.05 Å². The van der Waals surface area contributed by atoms with Crippen molar-refractivity contribution in [3.63, 3.8) is 0 Å². The Bertz CT molecular complexity index is 3350. The molecule has 0 N–H and O–H groups in total. The molecule has 0 saturated carbocycles. The first kappa shape index (κ1) is 41.5. The molecule has 0 fully saturated rings. The molecule has 1 aliphatic carbocycles. The first-order valence-electron chi connectivity index (χ1n) is 24.3. The SMILES string of the molecule is CCCc1ccc(C(CCc2ccc3c(c2)C(CC)(CC)c2cc(N(c4ccccc4)c4cccc5c6ccccc6n(C)c45)c4ccccc4c2-3)c2cccc(-c3ccccc3)c2)cc1. The molecule has 2 heteroatoms. The van der Waals surface area contributed by atoms with Gasteiger partial charge in [-0.25, -0.2) is 0 Å². The zero-order valence-corrected chi connectivity index (χ0v) is 38.8. The number of anilines is 3. The molecule has 1 aromatic heterocycles. The molecule has 1 aliphatic rings. The predicted octanol–water partition coefficient (Wildman–Crippen LogP) is 17.4. The molecule has 11 rings (SSSR count). The third-order valence-electron chi connectivity index (χ3n) is 15.1. The summed E-state index contributed by atoms with van der Waals surface area (Å²) in [6.07, 6.45) is 6.34. The summed E-state index contributed by atoms with van der Waals surface area (Å²) >= 11 is 0. The van der Waals surface area contributed by atoms with Crippen molar-refractivity contribution in [3.8, 4) is 22.3 Å². The lowest BCUT2D eigenvalue weighted by Gasteiger charge is -2.33. The Balaban J connectivity index is 1.03. The van der Waals surface area contributed by atoms with Gasteiger partial charge < -0.3 is 9.47 Å². The van der Waals surface area contributed by atoms with E-state index in [2.05, 4.69) is 237 Å². The number of rotatable bonds is 13. The molecule has 1 atom stereocenters. The second kappa shape index (κ2) is 17.3. The minimum Gasteiger partial charge on any atom is -0.342 e. The van der Waals surface area contributed by atoms with Crippen LogP contribution in [-0.4, -0.2) is 4.57 Å². The van der Waals surface area contributed by atoms with Crippen molar-refractivity contribution in [1.82, 2.24) is 4.57 Å². The van der Waals surface area contributed by atoms with Gasteiger partial charge in [0.25, 0.3) is 0 Å². The van der Waals surface area contributed by atoms with Crippen LogP contribution in [0.5, 0.6) is 0 Å². The van der Waals surface area contributed by atoms with E-state index in [1.165, 1.54) is 99.6 Å². The van der Waals surface area contributed by atoms with E-state index in [0.717, 1.165) is 44.2 Å². The molecule has 1 unspecified atom stereocenters. The van der Waals surface area contributed by atoms with Crippen LogP contribution in [0.15, 0.2) is 200 Å². The molecular weight excluding hydrogens is 797 g/mol. The number of para-hydroxylation sites is 3. The molecule has 66 heavy (non-hydrogen) atoms. The van der Waals surface area contributed by atoms with E-state index >= 15 is 0 Å². The Morgan fingerprint density at radius 1 is 0.485 bits per heavy atom. The molecule has 0 radical (unpaired) electrons. The zero-order valence-electron chi connectivity index (χ0n) is 38.8. The Morgan fingerprint density at radius 3 is 1.89 bits per heavy atom. The van der Waals surface area contributed by atoms with Crippen molar-refractivity contribution in [1.29, 1.82) is 0 Å². The minimum absolute atomic E-state index is 0.133. The highest BCUT2D eigenvalue weighted by molar-refractivity contribution is 6.15. The van der Waals surface area contributed by atoms with Gasteiger partial charge in [-0.3, -0.25) is 0 Å². The summed E-state index contributed by atoms with van der Waals surface area (Å²) in [6.45, 7) is 7.08. The Morgan fingerprint density at radius 2 is 1.14 bits per heavy atom. The van der Waals surface area contributed by atoms with E-state index in [9.17, 15) is 0 Å². The largest absolute Gasteiger partial charge is 0.342 e. The maximum Gasteiger partial charge on any atom is 0.0733 e. The normalized spacial score (nSPS) is 13.3. The Hall–Kier alpha value is -7.16. The molecule has 0 bridgehead atoms. The van der Waals surface area contributed by atoms with E-state index in [4.69, 9.17) is 0 Å². The second-order valence-corrected chi connectivity index (χ2v) is 18.5. The van der Waals surface area contributed by atoms with Gasteiger partial charge >= 0.3 is 0 Å². The van der Waals surface area contributed by atoms with Gasteiger partial charge in [0.15, 0.2) is 0 Å². The predicted molar refractivity (Wildman–Crippen MR) is 282 cm³/mol. The third kappa shape index (κ3) is 6.94. The fraction of sp³-hybridized carbons (Fsp3) is 0.188. The lowest BCUT2D eigenvalue weighted by atomic mass is 9.73. The van der Waals surface area contributed by atoms with Crippen molar-refractivity contribution >= 4 is 49.6 Å². The van der Waals surface area contributed by atoms with Gasteiger partial charge in [-0.2, -0.15) is 0 Å². The van der Waals surface area contributed by atoms with Crippen molar-refractivity contribution in [3.05, 3.63) is 234 Å². The number of aromatic nitrogens is 1. The summed E-state index contributed by atoms with van der Waals surface area (Å²) in [5, 5.41) is 5.13. The van der Waals surface area contributed by atoms with Crippen LogP contribution in [0.1, 0.15) is 85.8 Å². The van der Waals surface area contributed by atoms with Crippen LogP contribution in [0.4, 0.5) is 17.1 Å². The van der Waals surface area contributed by atoms with E-state index in [1.807, 2.05) is 0 Å². The maximum atomic E-state index is 2.60. The first-order chi connectivity index (χ1) is 32.5. The van der Waals surface area contributed by atoms with Crippen LogP contribution in [0.3, 0.4) is 0 Å². The average molecular weight is 855 g/mol. The van der Waals surface area contributed by atoms with Crippen LogP contribution in [-0.2, 0) is 25.3 Å². The van der Waals surface area contributed by atoms with Crippen LogP contribution >= 0.6 is 0 Å². The zero-order chi connectivity index (χ0) is 44.8. The van der Waals surface area contributed by atoms with Crippen LogP contribution < -0.4 is 4.90 Å². The summed E-state index contributed by atoms with van der Waals surface area (Å²) < 4.78 is 2.39. The van der Waals surface area contributed by atoms with Crippen molar-refractivity contribution in [2.75, 3.05) is 4.90 Å². The highest BCUT2D eigenvalue weighted by Crippen LogP contribution is 2.58. The molecule has 10 aromatic rings. The highest BCUT2D eigenvalue weighted by atomic mass is 15.2. The number of nitrogens with zero attached hydrogens (tertiary/aromatic N) is 2. The second-order valence-electron chi connectivity index (χ2n) is 18.5. The van der Waals surface area contributed by atoms with Gasteiger partial charge in [0, 0.05) is 45.7 Å². The van der Waals surface area contributed by atoms with E-state index in [1.54, 1.807) is 0 Å². The van der Waals surface area contributed by atoms with Gasteiger partial charge in [0.05, 0.1) is 16.9 Å². The number of hydrogen-bond acceptors (Lipinski definition) is 1. The molecule has 0 aliphatic heterocycles. The van der Waals surface area contributed by atoms with Gasteiger partial charge in [0.1, 0.15) is 0 Å². The molecule has 9 aromatic carbocycles. The maximum absolute atomic E-state index is 2.60. The van der Waals surface area contributed by atoms with Crippen LogP contribution in [0.2, 0.25) is 0 Å². The smallest absolute Gasteiger partial charge is 0.0733 e. The molecule has 0 spiro atoms. The summed E-state index contributed by atoms with van der Waals surface area (Å²) in [6, 6.07) is 75.5. The van der Waals surface area contributed by atoms with Gasteiger partial charge in [-0.1, -0.05) is 197 Å². The number of aryl methyl sites for hydroxylation is 3. The molecule has 324 valence electrons. The number of hydrogen-bond donors (Lipinski definition) is 0. The third-order valence-corrected chi connectivity index (χ3v) is 15.1. The first-order valence-corrected chi connectivity index (χ1v) is 24.3. The van der Waals surface area contributed by atoms with Crippen LogP contribution in [0, 0.1) is 0 Å². The van der Waals surface area contributed by atoms with Crippen molar-refractivity contribution < 1.29 is 0 Å². The monoisotopic (exact) mass is 854 g/mol. The molecule has 0 amide bonds. The lowest BCUT2D eigenvalue weighted by molar-refractivity contribution is 0.490. The lowest BCUT2D eigenvalue weighted by Crippen LogP contribution is -2.24. The number of fused-ring (bicyclic) bond motifs is 8. The molecule has 0 saturated heterocycles. The Labute approximate surface area is 390 Å². The summed E-state index contributed by atoms with van der Waals surface area (Å²) in [5.41, 5.74) is 19.8. The highest BCUT2D eigenvalue weighted by Gasteiger charge is 2.42. The summed E-state index contributed by atoms with van der Waals surface area (Å²) in [5.74, 6) is 0.277. The van der Waals surface area contributed by atoms with Gasteiger partial charge in [-0.05, 0) is 123 Å². The minimum atomic E-state index is -0.133. The van der Waals surface area contributed by atoms with Crippen LogP contribution in [0.25, 0.3) is 54.8 Å². The molecular formula is C64H58N2. The van der Waals surface area contributed by atoms with Gasteiger partial charge in [-0.15, -0.1) is 0 Å². The standard InChI is InChI=1S/C64H58N2/c1-5-20-44-33-37-47(38-34-44)51(49-24-18-23-48(42-49)46-21-10-8-11-22-46)39-35-45-36-40-56-57(41-45)64(6-2,7-3)58-43-61(52-27-14-15-29-54(52)62(56)58)66(50-25-12-9-13-26-50)60-32-19-30-55-53-28-16-17-31-59(53)65(4)63(55)60/h8-19,21-34,36-38,40-43,51H,5-7,20,35,39H2,1-4H3. The fourth-order valence-corrected chi connectivity index (χ4v) is 11.7.